The molecule has 2 aromatic rings. The van der Waals surface area contributed by atoms with Crippen LogP contribution in [-0.4, -0.2) is 69.3 Å². The molecule has 0 bridgehead atoms. The molecule has 2 aliphatic rings. The maximum Gasteiger partial charge on any atom is 0.410 e. The van der Waals surface area contributed by atoms with Gasteiger partial charge in [0.2, 0.25) is 5.91 Å². The maximum absolute atomic E-state index is 12.4. The fourth-order valence-electron chi connectivity index (χ4n) is 4.98. The Hall–Kier alpha value is -3.08. The highest BCUT2D eigenvalue weighted by Crippen LogP contribution is 2.23. The van der Waals surface area contributed by atoms with Crippen molar-refractivity contribution in [2.45, 2.75) is 104 Å². The number of carbonyl (C=O) groups is 3. The van der Waals surface area contributed by atoms with E-state index in [4.69, 9.17) is 44.9 Å². The molecule has 2 aromatic carbocycles. The van der Waals surface area contributed by atoms with Crippen LogP contribution in [0, 0.1) is 0 Å². The smallest absolute Gasteiger partial charge is 0.410 e. The molecule has 0 radical (unpaired) electrons. The lowest BCUT2D eigenvalue weighted by Crippen LogP contribution is -2.47. The molecular weight excluding hydrogens is 647 g/mol. The number of hydrogen-bond donors (Lipinski definition) is 2. The number of benzene rings is 2. The van der Waals surface area contributed by atoms with Crippen LogP contribution in [0.4, 0.5) is 9.59 Å². The van der Waals surface area contributed by atoms with Gasteiger partial charge < -0.3 is 20.1 Å². The molecule has 2 saturated heterocycles. The normalized spacial score (nSPS) is 17.9. The van der Waals surface area contributed by atoms with E-state index in [9.17, 15) is 14.4 Å². The number of thiocarbonyl (C=S) groups is 1. The summed E-state index contributed by atoms with van der Waals surface area (Å²) in [6.07, 6.45) is 2.54. The molecule has 2 atom stereocenters. The Morgan fingerprint density at radius 2 is 1.11 bits per heavy atom. The highest BCUT2D eigenvalue weighted by atomic mass is 35.5. The molecule has 0 spiro atoms. The van der Waals surface area contributed by atoms with E-state index in [1.54, 1.807) is 17.0 Å². The zero-order valence-corrected chi connectivity index (χ0v) is 29.9. The fraction of sp³-hybridized carbons (Fsp3) is 0.529. The van der Waals surface area contributed by atoms with Gasteiger partial charge >= 0.3 is 12.2 Å². The summed E-state index contributed by atoms with van der Waals surface area (Å²) >= 11 is 17.2. The number of rotatable bonds is 6. The minimum Gasteiger partial charge on any atom is -0.444 e. The van der Waals surface area contributed by atoms with Gasteiger partial charge in [0.25, 0.3) is 0 Å². The number of nitrogens with zero attached hydrogens (tertiary/aromatic N) is 2. The molecule has 2 fully saturated rings. The molecule has 2 aliphatic heterocycles. The lowest BCUT2D eigenvalue weighted by Gasteiger charge is -2.29. The SMILES string of the molecule is CC(C)(C)OC(=O)N1CCC[C@@H]1C(=O)NCc1ccc(Cl)cc1.CC(C)(C)OC(=O)N1CCC[C@@H]1C(=S)NCc1ccc(Cl)cc1. The second-order valence-corrected chi connectivity index (χ2v) is 14.7. The summed E-state index contributed by atoms with van der Waals surface area (Å²) in [5, 5.41) is 7.49. The summed E-state index contributed by atoms with van der Waals surface area (Å²) < 4.78 is 10.8. The number of amides is 3. The van der Waals surface area contributed by atoms with E-state index < -0.39 is 23.3 Å². The van der Waals surface area contributed by atoms with Crippen molar-refractivity contribution >= 4 is 58.5 Å². The van der Waals surface area contributed by atoms with E-state index >= 15 is 0 Å². The molecule has 3 amide bonds. The fourth-order valence-corrected chi connectivity index (χ4v) is 5.54. The van der Waals surface area contributed by atoms with Gasteiger partial charge in [-0.15, -0.1) is 0 Å². The lowest BCUT2D eigenvalue weighted by atomic mass is 10.2. The highest BCUT2D eigenvalue weighted by molar-refractivity contribution is 7.80. The molecule has 46 heavy (non-hydrogen) atoms. The third kappa shape index (κ3) is 12.3. The monoisotopic (exact) mass is 692 g/mol. The quantitative estimate of drug-likeness (QED) is 0.302. The molecule has 0 aromatic heterocycles. The first-order valence-electron chi connectivity index (χ1n) is 15.6. The van der Waals surface area contributed by atoms with Crippen molar-refractivity contribution in [1.82, 2.24) is 20.4 Å². The number of carbonyl (C=O) groups excluding carboxylic acids is 3. The van der Waals surface area contributed by atoms with Crippen molar-refractivity contribution in [3.05, 3.63) is 69.7 Å². The number of likely N-dealkylation sites (tertiary alicyclic amines) is 2. The minimum absolute atomic E-state index is 0.0906. The number of hydrogen-bond acceptors (Lipinski definition) is 6. The van der Waals surface area contributed by atoms with Gasteiger partial charge in [-0.3, -0.25) is 14.6 Å². The Morgan fingerprint density at radius 1 is 0.717 bits per heavy atom. The van der Waals surface area contributed by atoms with Gasteiger partial charge in [0.05, 0.1) is 11.0 Å². The largest absolute Gasteiger partial charge is 0.444 e. The van der Waals surface area contributed by atoms with Crippen molar-refractivity contribution in [3.8, 4) is 0 Å². The van der Waals surface area contributed by atoms with Gasteiger partial charge in [-0.05, 0) is 103 Å². The number of halogens is 2. The second kappa shape index (κ2) is 16.7. The predicted molar refractivity (Wildman–Crippen MR) is 186 cm³/mol. The second-order valence-electron chi connectivity index (χ2n) is 13.4. The third-order valence-electron chi connectivity index (χ3n) is 7.13. The maximum atomic E-state index is 12.4. The van der Waals surface area contributed by atoms with Crippen LogP contribution in [0.25, 0.3) is 0 Å². The van der Waals surface area contributed by atoms with Crippen LogP contribution in [0.5, 0.6) is 0 Å². The van der Waals surface area contributed by atoms with E-state index in [-0.39, 0.29) is 18.0 Å². The predicted octanol–water partition coefficient (Wildman–Crippen LogP) is 7.51. The number of ether oxygens (including phenoxy) is 2. The first-order valence-corrected chi connectivity index (χ1v) is 16.7. The molecule has 0 aliphatic carbocycles. The van der Waals surface area contributed by atoms with E-state index in [0.717, 1.165) is 30.4 Å². The van der Waals surface area contributed by atoms with Gasteiger partial charge in [-0.1, -0.05) is 59.7 Å². The van der Waals surface area contributed by atoms with Crippen LogP contribution >= 0.6 is 35.4 Å². The Kier molecular flexibility index (Phi) is 13.5. The molecular formula is C34H46Cl2N4O5S. The van der Waals surface area contributed by atoms with Crippen LogP contribution in [0.1, 0.15) is 78.4 Å². The average molecular weight is 694 g/mol. The molecule has 12 heteroatoms. The lowest BCUT2D eigenvalue weighted by molar-refractivity contribution is -0.125. The van der Waals surface area contributed by atoms with Gasteiger partial charge in [0.1, 0.15) is 17.2 Å². The topological polar surface area (TPSA) is 100 Å². The molecule has 2 N–H and O–H groups in total. The molecule has 9 nitrogen and oxygen atoms in total. The van der Waals surface area contributed by atoms with Crippen molar-refractivity contribution in [2.75, 3.05) is 13.1 Å². The summed E-state index contributed by atoms with van der Waals surface area (Å²) in [6, 6.07) is 14.4. The summed E-state index contributed by atoms with van der Waals surface area (Å²) in [5.41, 5.74) is 0.996. The van der Waals surface area contributed by atoms with Gasteiger partial charge in [0, 0.05) is 36.2 Å². The Balaban J connectivity index is 0.000000250. The Labute approximate surface area is 288 Å². The van der Waals surface area contributed by atoms with Crippen molar-refractivity contribution in [3.63, 3.8) is 0 Å². The summed E-state index contributed by atoms with van der Waals surface area (Å²) in [5.74, 6) is -0.150. The molecule has 0 saturated carbocycles. The van der Waals surface area contributed by atoms with Crippen molar-refractivity contribution < 1.29 is 23.9 Å². The summed E-state index contributed by atoms with van der Waals surface area (Å²) in [6.45, 7) is 13.3. The molecule has 252 valence electrons. The van der Waals surface area contributed by atoms with Crippen molar-refractivity contribution in [2.24, 2.45) is 0 Å². The van der Waals surface area contributed by atoms with Crippen LogP contribution in [0.15, 0.2) is 48.5 Å². The van der Waals surface area contributed by atoms with E-state index in [2.05, 4.69) is 10.6 Å². The third-order valence-corrected chi connectivity index (χ3v) is 8.05. The highest BCUT2D eigenvalue weighted by Gasteiger charge is 2.37. The van der Waals surface area contributed by atoms with Crippen LogP contribution in [0.2, 0.25) is 10.0 Å². The number of nitrogens with one attached hydrogen (secondary N) is 2. The van der Waals surface area contributed by atoms with E-state index in [0.29, 0.717) is 47.6 Å². The van der Waals surface area contributed by atoms with Crippen LogP contribution in [-0.2, 0) is 27.4 Å². The van der Waals surface area contributed by atoms with Gasteiger partial charge in [-0.2, -0.15) is 0 Å². The summed E-state index contributed by atoms with van der Waals surface area (Å²) in [7, 11) is 0. The first kappa shape index (κ1) is 37.4. The standard InChI is InChI=1S/C17H23ClN2O3.C17H23ClN2O2S/c1-17(2,3)23-16(22)20-10-4-5-14(20)15(21)19-11-12-6-8-13(18)9-7-12;1-17(2,3)22-16(21)20-10-4-5-14(20)15(23)19-11-12-6-8-13(18)9-7-12/h6-9,14H,4-5,10-11H2,1-3H3,(H,19,21);6-9,14H,4-5,10-11H2,1-3H3,(H,19,23)/t2*14-/m11/s1. The average Bonchev–Trinajstić information content (AvgIpc) is 3.66. The van der Waals surface area contributed by atoms with E-state index in [1.807, 2.05) is 77.9 Å². The van der Waals surface area contributed by atoms with Crippen LogP contribution in [0.3, 0.4) is 0 Å². The van der Waals surface area contributed by atoms with Crippen LogP contribution < -0.4 is 10.6 Å². The molecule has 0 unspecified atom stereocenters. The van der Waals surface area contributed by atoms with Gasteiger partial charge in [0.15, 0.2) is 0 Å². The summed E-state index contributed by atoms with van der Waals surface area (Å²) in [4.78, 5) is 40.8. The zero-order chi connectivity index (χ0) is 34.1. The van der Waals surface area contributed by atoms with Gasteiger partial charge in [-0.25, -0.2) is 9.59 Å². The zero-order valence-electron chi connectivity index (χ0n) is 27.5. The van der Waals surface area contributed by atoms with E-state index in [1.165, 1.54) is 4.90 Å². The first-order chi connectivity index (χ1) is 21.5. The molecule has 2 heterocycles. The molecule has 4 rings (SSSR count). The van der Waals surface area contributed by atoms with Crippen molar-refractivity contribution in [1.29, 1.82) is 0 Å². The minimum atomic E-state index is -0.565. The Morgan fingerprint density at radius 3 is 1.54 bits per heavy atom. The Bertz CT molecular complexity index is 1240.